The average molecular weight is 295 g/mol. The number of benzene rings is 3. The number of hydrogen-bond donors (Lipinski definition) is 1. The van der Waals surface area contributed by atoms with E-state index in [1.54, 1.807) is 0 Å². The Hall–Kier alpha value is -2.88. The molecule has 0 amide bonds. The molecule has 0 unspecified atom stereocenters. The lowest BCUT2D eigenvalue weighted by Gasteiger charge is -2.06. The van der Waals surface area contributed by atoms with Gasteiger partial charge in [-0.1, -0.05) is 18.2 Å². The summed E-state index contributed by atoms with van der Waals surface area (Å²) >= 11 is 0. The fourth-order valence-corrected chi connectivity index (χ4v) is 2.54. The zero-order valence-corrected chi connectivity index (χ0v) is 11.4. The number of nitrogens with one attached hydrogen (secondary N) is 1. The van der Waals surface area contributed by atoms with Gasteiger partial charge in [0.2, 0.25) is 0 Å². The molecule has 1 N–H and O–H groups in total. The predicted molar refractivity (Wildman–Crippen MR) is 83.4 cm³/mol. The lowest BCUT2D eigenvalue weighted by Crippen LogP contribution is -1.92. The second-order valence-electron chi connectivity index (χ2n) is 5.06. The van der Waals surface area contributed by atoms with Gasteiger partial charge in [-0.3, -0.25) is 0 Å². The third-order valence-electron chi connectivity index (χ3n) is 3.58. The molecule has 4 aromatic rings. The Labute approximate surface area is 125 Å². The van der Waals surface area contributed by atoms with Gasteiger partial charge in [-0.05, 0) is 36.4 Å². The average Bonchev–Trinajstić information content (AvgIpc) is 2.89. The van der Waals surface area contributed by atoms with E-state index in [-0.39, 0.29) is 0 Å². The van der Waals surface area contributed by atoms with Crippen LogP contribution < -0.4 is 5.32 Å². The minimum absolute atomic E-state index is 0.492. The fraction of sp³-hybridized carbons (Fsp3) is 0. The van der Waals surface area contributed by atoms with E-state index in [0.717, 1.165) is 39.8 Å². The number of rotatable bonds is 2. The number of halogens is 2. The minimum atomic E-state index is -0.875. The van der Waals surface area contributed by atoms with Crippen LogP contribution in [-0.4, -0.2) is 0 Å². The van der Waals surface area contributed by atoms with Crippen LogP contribution in [0.5, 0.6) is 0 Å². The van der Waals surface area contributed by atoms with Crippen LogP contribution in [-0.2, 0) is 0 Å². The van der Waals surface area contributed by atoms with Gasteiger partial charge in [0, 0.05) is 28.2 Å². The molecule has 4 rings (SSSR count). The summed E-state index contributed by atoms with van der Waals surface area (Å²) in [7, 11) is 0. The van der Waals surface area contributed by atoms with Crippen molar-refractivity contribution in [2.45, 2.75) is 0 Å². The lowest BCUT2D eigenvalue weighted by molar-refractivity contribution is 0.509. The molecule has 3 aromatic carbocycles. The third-order valence-corrected chi connectivity index (χ3v) is 3.58. The molecule has 0 aliphatic rings. The molecular weight excluding hydrogens is 284 g/mol. The van der Waals surface area contributed by atoms with Crippen molar-refractivity contribution in [2.75, 3.05) is 5.32 Å². The van der Waals surface area contributed by atoms with Gasteiger partial charge in [-0.2, -0.15) is 0 Å². The number of furan rings is 1. The number of fused-ring (bicyclic) bond motifs is 3. The molecule has 4 heteroatoms. The van der Waals surface area contributed by atoms with E-state index in [2.05, 4.69) is 5.32 Å². The molecule has 0 saturated heterocycles. The van der Waals surface area contributed by atoms with E-state index in [1.165, 1.54) is 6.07 Å². The van der Waals surface area contributed by atoms with Crippen LogP contribution >= 0.6 is 0 Å². The van der Waals surface area contributed by atoms with Crippen LogP contribution in [0.4, 0.5) is 20.2 Å². The first-order chi connectivity index (χ1) is 10.7. The Kier molecular flexibility index (Phi) is 2.82. The van der Waals surface area contributed by atoms with Gasteiger partial charge in [-0.25, -0.2) is 8.78 Å². The summed E-state index contributed by atoms with van der Waals surface area (Å²) in [6.45, 7) is 0. The van der Waals surface area contributed by atoms with Crippen LogP contribution in [0, 0.1) is 11.6 Å². The van der Waals surface area contributed by atoms with Crippen molar-refractivity contribution in [1.82, 2.24) is 0 Å². The summed E-state index contributed by atoms with van der Waals surface area (Å²) in [5, 5.41) is 5.07. The first kappa shape index (κ1) is 12.8. The molecule has 2 nitrogen and oxygen atoms in total. The predicted octanol–water partition coefficient (Wildman–Crippen LogP) is 5.61. The Morgan fingerprint density at radius 1 is 0.682 bits per heavy atom. The van der Waals surface area contributed by atoms with Crippen molar-refractivity contribution in [2.24, 2.45) is 0 Å². The third kappa shape index (κ3) is 2.09. The topological polar surface area (TPSA) is 25.2 Å². The first-order valence-corrected chi connectivity index (χ1v) is 6.84. The van der Waals surface area contributed by atoms with Gasteiger partial charge in [0.15, 0.2) is 11.6 Å². The Morgan fingerprint density at radius 2 is 1.41 bits per heavy atom. The summed E-state index contributed by atoms with van der Waals surface area (Å²) < 4.78 is 32.0. The maximum Gasteiger partial charge on any atom is 0.160 e. The van der Waals surface area contributed by atoms with Crippen molar-refractivity contribution in [1.29, 1.82) is 0 Å². The van der Waals surface area contributed by atoms with Crippen LogP contribution in [0.1, 0.15) is 0 Å². The van der Waals surface area contributed by atoms with Gasteiger partial charge >= 0.3 is 0 Å². The Balaban J connectivity index is 1.78. The van der Waals surface area contributed by atoms with Gasteiger partial charge < -0.3 is 9.73 Å². The number of hydrogen-bond acceptors (Lipinski definition) is 2. The summed E-state index contributed by atoms with van der Waals surface area (Å²) in [5.74, 6) is -1.73. The highest BCUT2D eigenvalue weighted by molar-refractivity contribution is 6.06. The van der Waals surface area contributed by atoms with Crippen molar-refractivity contribution >= 4 is 33.3 Å². The van der Waals surface area contributed by atoms with Crippen molar-refractivity contribution in [3.63, 3.8) is 0 Å². The van der Waals surface area contributed by atoms with E-state index < -0.39 is 11.6 Å². The molecular formula is C18H11F2NO. The molecule has 108 valence electrons. The molecule has 1 heterocycles. The minimum Gasteiger partial charge on any atom is -0.456 e. The first-order valence-electron chi connectivity index (χ1n) is 6.84. The maximum atomic E-state index is 13.3. The van der Waals surface area contributed by atoms with Crippen molar-refractivity contribution in [3.05, 3.63) is 72.3 Å². The largest absolute Gasteiger partial charge is 0.456 e. The molecule has 0 atom stereocenters. The van der Waals surface area contributed by atoms with E-state index in [9.17, 15) is 8.78 Å². The van der Waals surface area contributed by atoms with Gasteiger partial charge in [-0.15, -0.1) is 0 Å². The fourth-order valence-electron chi connectivity index (χ4n) is 2.54. The normalized spacial score (nSPS) is 11.2. The van der Waals surface area contributed by atoms with Crippen LogP contribution in [0.3, 0.4) is 0 Å². The van der Waals surface area contributed by atoms with Crippen molar-refractivity contribution < 1.29 is 13.2 Å². The second-order valence-corrected chi connectivity index (χ2v) is 5.06. The summed E-state index contributed by atoms with van der Waals surface area (Å²) in [6.07, 6.45) is 0. The van der Waals surface area contributed by atoms with Crippen LogP contribution in [0.15, 0.2) is 65.1 Å². The highest BCUT2D eigenvalue weighted by atomic mass is 19.2. The molecule has 0 fully saturated rings. The summed E-state index contributed by atoms with van der Waals surface area (Å²) in [4.78, 5) is 0. The highest BCUT2D eigenvalue weighted by Gasteiger charge is 2.08. The van der Waals surface area contributed by atoms with E-state index >= 15 is 0 Å². The molecule has 0 radical (unpaired) electrons. The highest BCUT2D eigenvalue weighted by Crippen LogP contribution is 2.31. The van der Waals surface area contributed by atoms with Gasteiger partial charge in [0.25, 0.3) is 0 Å². The molecule has 0 spiro atoms. The quantitative estimate of drug-likeness (QED) is 0.520. The molecule has 22 heavy (non-hydrogen) atoms. The molecule has 0 saturated carbocycles. The van der Waals surface area contributed by atoms with Crippen LogP contribution in [0.25, 0.3) is 21.9 Å². The summed E-state index contributed by atoms with van der Waals surface area (Å²) in [5.41, 5.74) is 2.88. The van der Waals surface area contributed by atoms with Crippen LogP contribution in [0.2, 0.25) is 0 Å². The van der Waals surface area contributed by atoms with Gasteiger partial charge in [0.05, 0.1) is 0 Å². The van der Waals surface area contributed by atoms with Crippen molar-refractivity contribution in [3.8, 4) is 0 Å². The maximum absolute atomic E-state index is 13.3. The van der Waals surface area contributed by atoms with E-state index in [0.29, 0.717) is 5.69 Å². The Morgan fingerprint density at radius 3 is 2.27 bits per heavy atom. The second kappa shape index (κ2) is 4.84. The zero-order chi connectivity index (χ0) is 15.1. The number of para-hydroxylation sites is 1. The number of anilines is 2. The van der Waals surface area contributed by atoms with E-state index in [4.69, 9.17) is 4.42 Å². The standard InChI is InChI=1S/C18H11F2NO/c19-15-7-5-12(10-16(15)20)21-11-6-8-18-14(9-11)13-3-1-2-4-17(13)22-18/h1-10,21H. The summed E-state index contributed by atoms with van der Waals surface area (Å²) in [6, 6.07) is 17.1. The molecule has 0 aliphatic heterocycles. The molecule has 0 bridgehead atoms. The van der Waals surface area contributed by atoms with Gasteiger partial charge in [0.1, 0.15) is 11.2 Å². The smallest absolute Gasteiger partial charge is 0.160 e. The molecule has 1 aromatic heterocycles. The molecule has 0 aliphatic carbocycles. The van der Waals surface area contributed by atoms with E-state index in [1.807, 2.05) is 42.5 Å². The monoisotopic (exact) mass is 295 g/mol. The lowest BCUT2D eigenvalue weighted by atomic mass is 10.1. The Bertz CT molecular complexity index is 991. The SMILES string of the molecule is Fc1ccc(Nc2ccc3oc4ccccc4c3c2)cc1F. The zero-order valence-electron chi connectivity index (χ0n) is 11.4.